The van der Waals surface area contributed by atoms with Crippen molar-refractivity contribution in [1.82, 2.24) is 15.3 Å². The number of nitrogens with zero attached hydrogens (tertiary/aromatic N) is 2. The highest BCUT2D eigenvalue weighted by molar-refractivity contribution is 7.15. The van der Waals surface area contributed by atoms with Crippen molar-refractivity contribution in [3.8, 4) is 16.6 Å². The van der Waals surface area contributed by atoms with Crippen LogP contribution in [0.25, 0.3) is 10.7 Å². The van der Waals surface area contributed by atoms with Crippen LogP contribution in [0.5, 0.6) is 5.88 Å². The number of methoxy groups -OCH3 is 1. The number of pyridine rings is 1. The van der Waals surface area contributed by atoms with Gasteiger partial charge in [-0.25, -0.2) is 9.97 Å². The number of ether oxygens (including phenoxy) is 1. The Morgan fingerprint density at radius 3 is 2.85 bits per heavy atom. The van der Waals surface area contributed by atoms with E-state index in [-0.39, 0.29) is 0 Å². The van der Waals surface area contributed by atoms with Gasteiger partial charge in [-0.1, -0.05) is 13.0 Å². The van der Waals surface area contributed by atoms with Gasteiger partial charge in [0, 0.05) is 17.0 Å². The lowest BCUT2D eigenvalue weighted by Crippen LogP contribution is -2.18. The third kappa shape index (κ3) is 3.35. The molecule has 2 rings (SSSR count). The highest BCUT2D eigenvalue weighted by Crippen LogP contribution is 2.31. The standard InChI is InChI=1S/C15H21N3OS/c1-5-9-16-10(2)14-11(3)17-15(20-14)12-7-6-8-13(18-12)19-4/h6-8,10,16H,5,9H2,1-4H3. The molecule has 0 aliphatic carbocycles. The molecular formula is C15H21N3OS. The Morgan fingerprint density at radius 2 is 2.15 bits per heavy atom. The first-order chi connectivity index (χ1) is 9.65. The van der Waals surface area contributed by atoms with Crippen molar-refractivity contribution < 1.29 is 4.74 Å². The van der Waals surface area contributed by atoms with Gasteiger partial charge < -0.3 is 10.1 Å². The maximum atomic E-state index is 5.17. The normalized spacial score (nSPS) is 12.4. The highest BCUT2D eigenvalue weighted by atomic mass is 32.1. The molecule has 0 aliphatic heterocycles. The summed E-state index contributed by atoms with van der Waals surface area (Å²) in [5, 5.41) is 4.45. The zero-order valence-corrected chi connectivity index (χ0v) is 13.3. The van der Waals surface area contributed by atoms with Crippen LogP contribution in [0.3, 0.4) is 0 Å². The molecule has 4 nitrogen and oxygen atoms in total. The van der Waals surface area contributed by atoms with Gasteiger partial charge in [-0.3, -0.25) is 0 Å². The van der Waals surface area contributed by atoms with E-state index in [1.54, 1.807) is 18.4 Å². The molecule has 0 amide bonds. The molecule has 0 saturated carbocycles. The summed E-state index contributed by atoms with van der Waals surface area (Å²) in [4.78, 5) is 10.4. The summed E-state index contributed by atoms with van der Waals surface area (Å²) in [6.07, 6.45) is 1.13. The SMILES string of the molecule is CCCNC(C)c1sc(-c2cccc(OC)n2)nc1C. The molecule has 0 fully saturated rings. The molecule has 0 saturated heterocycles. The molecule has 0 radical (unpaired) electrons. The van der Waals surface area contributed by atoms with Crippen molar-refractivity contribution in [2.24, 2.45) is 0 Å². The first-order valence-corrected chi connectivity index (χ1v) is 7.69. The van der Waals surface area contributed by atoms with E-state index < -0.39 is 0 Å². The van der Waals surface area contributed by atoms with Gasteiger partial charge in [0.15, 0.2) is 0 Å². The van der Waals surface area contributed by atoms with Crippen LogP contribution < -0.4 is 10.1 Å². The van der Waals surface area contributed by atoms with Gasteiger partial charge in [0.25, 0.3) is 0 Å². The van der Waals surface area contributed by atoms with Crippen LogP contribution >= 0.6 is 11.3 Å². The molecule has 0 aromatic carbocycles. The van der Waals surface area contributed by atoms with Crippen molar-refractivity contribution in [2.45, 2.75) is 33.2 Å². The van der Waals surface area contributed by atoms with E-state index in [9.17, 15) is 0 Å². The van der Waals surface area contributed by atoms with Crippen molar-refractivity contribution in [3.63, 3.8) is 0 Å². The average Bonchev–Trinajstić information content (AvgIpc) is 2.87. The van der Waals surface area contributed by atoms with Crippen LogP contribution in [0.1, 0.15) is 36.9 Å². The number of thiazole rings is 1. The van der Waals surface area contributed by atoms with E-state index in [4.69, 9.17) is 4.74 Å². The Kier molecular flexibility index (Phi) is 5.09. The van der Waals surface area contributed by atoms with Crippen LogP contribution in [-0.2, 0) is 0 Å². The number of aryl methyl sites for hydroxylation is 1. The van der Waals surface area contributed by atoms with Crippen molar-refractivity contribution in [1.29, 1.82) is 0 Å². The van der Waals surface area contributed by atoms with Gasteiger partial charge in [0.2, 0.25) is 5.88 Å². The zero-order valence-electron chi connectivity index (χ0n) is 12.4. The Balaban J connectivity index is 2.25. The van der Waals surface area contributed by atoms with Gasteiger partial charge in [0.05, 0.1) is 12.8 Å². The lowest BCUT2D eigenvalue weighted by atomic mass is 10.2. The van der Waals surface area contributed by atoms with Crippen LogP contribution in [0.15, 0.2) is 18.2 Å². The van der Waals surface area contributed by atoms with E-state index in [1.165, 1.54) is 4.88 Å². The van der Waals surface area contributed by atoms with E-state index in [0.29, 0.717) is 11.9 Å². The number of rotatable bonds is 6. The molecule has 2 heterocycles. The second-order valence-electron chi connectivity index (χ2n) is 4.71. The summed E-state index contributed by atoms with van der Waals surface area (Å²) in [6.45, 7) is 7.43. The third-order valence-corrected chi connectivity index (χ3v) is 4.44. The monoisotopic (exact) mass is 291 g/mol. The van der Waals surface area contributed by atoms with E-state index in [2.05, 4.69) is 36.1 Å². The van der Waals surface area contributed by atoms with Crippen LogP contribution in [-0.4, -0.2) is 23.6 Å². The fourth-order valence-corrected chi connectivity index (χ4v) is 3.08. The molecule has 1 N–H and O–H groups in total. The molecule has 0 bridgehead atoms. The second kappa shape index (κ2) is 6.81. The van der Waals surface area contributed by atoms with Crippen LogP contribution in [0.2, 0.25) is 0 Å². The fraction of sp³-hybridized carbons (Fsp3) is 0.467. The number of hydrogen-bond acceptors (Lipinski definition) is 5. The third-order valence-electron chi connectivity index (χ3n) is 3.08. The minimum atomic E-state index is 0.326. The first kappa shape index (κ1) is 14.9. The smallest absolute Gasteiger partial charge is 0.213 e. The molecule has 108 valence electrons. The molecule has 0 spiro atoms. The van der Waals surface area contributed by atoms with Crippen molar-refractivity contribution >= 4 is 11.3 Å². The molecule has 2 aromatic rings. The Morgan fingerprint density at radius 1 is 1.35 bits per heavy atom. The molecular weight excluding hydrogens is 270 g/mol. The van der Waals surface area contributed by atoms with Crippen molar-refractivity contribution in [2.75, 3.05) is 13.7 Å². The van der Waals surface area contributed by atoms with E-state index in [1.807, 2.05) is 18.2 Å². The summed E-state index contributed by atoms with van der Waals surface area (Å²) < 4.78 is 5.17. The minimum Gasteiger partial charge on any atom is -0.481 e. The maximum absolute atomic E-state index is 5.17. The summed E-state index contributed by atoms with van der Waals surface area (Å²) in [7, 11) is 1.63. The molecule has 0 aliphatic rings. The van der Waals surface area contributed by atoms with Gasteiger partial charge >= 0.3 is 0 Å². The van der Waals surface area contributed by atoms with Crippen LogP contribution in [0, 0.1) is 6.92 Å². The highest BCUT2D eigenvalue weighted by Gasteiger charge is 2.15. The average molecular weight is 291 g/mol. The maximum Gasteiger partial charge on any atom is 0.213 e. The van der Waals surface area contributed by atoms with Gasteiger partial charge in [0.1, 0.15) is 10.7 Å². The topological polar surface area (TPSA) is 47.0 Å². The van der Waals surface area contributed by atoms with Crippen LogP contribution in [0.4, 0.5) is 0 Å². The number of nitrogens with one attached hydrogen (secondary N) is 1. The summed E-state index contributed by atoms with van der Waals surface area (Å²) >= 11 is 1.70. The molecule has 20 heavy (non-hydrogen) atoms. The predicted molar refractivity (Wildman–Crippen MR) is 83.3 cm³/mol. The molecule has 2 aromatic heterocycles. The summed E-state index contributed by atoms with van der Waals surface area (Å²) in [6, 6.07) is 6.08. The van der Waals surface area contributed by atoms with E-state index in [0.717, 1.165) is 29.4 Å². The van der Waals surface area contributed by atoms with Gasteiger partial charge in [-0.15, -0.1) is 11.3 Å². The predicted octanol–water partition coefficient (Wildman–Crippen LogP) is 3.58. The first-order valence-electron chi connectivity index (χ1n) is 6.87. The molecule has 5 heteroatoms. The zero-order chi connectivity index (χ0) is 14.5. The Bertz CT molecular complexity index is 568. The fourth-order valence-electron chi connectivity index (χ4n) is 2.02. The van der Waals surface area contributed by atoms with Gasteiger partial charge in [-0.2, -0.15) is 0 Å². The lowest BCUT2D eigenvalue weighted by Gasteiger charge is -2.11. The summed E-state index contributed by atoms with van der Waals surface area (Å²) in [5.41, 5.74) is 1.94. The molecule has 1 atom stereocenters. The minimum absolute atomic E-state index is 0.326. The quantitative estimate of drug-likeness (QED) is 0.883. The number of hydrogen-bond donors (Lipinski definition) is 1. The van der Waals surface area contributed by atoms with E-state index >= 15 is 0 Å². The lowest BCUT2D eigenvalue weighted by molar-refractivity contribution is 0.398. The largest absolute Gasteiger partial charge is 0.481 e. The van der Waals surface area contributed by atoms with Crippen molar-refractivity contribution in [3.05, 3.63) is 28.8 Å². The molecule has 1 unspecified atom stereocenters. The number of aromatic nitrogens is 2. The Hall–Kier alpha value is -1.46. The van der Waals surface area contributed by atoms with Gasteiger partial charge in [-0.05, 0) is 32.9 Å². The Labute approximate surface area is 124 Å². The summed E-state index contributed by atoms with van der Waals surface area (Å²) in [5.74, 6) is 0.619. The second-order valence-corrected chi connectivity index (χ2v) is 5.74.